The van der Waals surface area contributed by atoms with Gasteiger partial charge in [-0.25, -0.2) is 15.0 Å². The molecule has 4 aromatic rings. The highest BCUT2D eigenvalue weighted by molar-refractivity contribution is 7.15. The number of alkyl halides is 3. The minimum Gasteiger partial charge on any atom is -0.356 e. The Morgan fingerprint density at radius 3 is 2.74 bits per heavy atom. The number of hydrogen-bond donors (Lipinski definition) is 1. The van der Waals surface area contributed by atoms with E-state index in [0.29, 0.717) is 17.9 Å². The van der Waals surface area contributed by atoms with Gasteiger partial charge in [-0.2, -0.15) is 18.2 Å². The summed E-state index contributed by atoms with van der Waals surface area (Å²) in [4.78, 5) is 24.2. The molecule has 0 aromatic carbocycles. The van der Waals surface area contributed by atoms with Gasteiger partial charge in [-0.1, -0.05) is 5.16 Å². The molecular formula is C21H19F3N8OS. The summed E-state index contributed by atoms with van der Waals surface area (Å²) in [6.07, 6.45) is 2.01. The van der Waals surface area contributed by atoms with Crippen LogP contribution in [0.15, 0.2) is 41.4 Å². The molecule has 1 N–H and O–H groups in total. The molecule has 0 spiro atoms. The van der Waals surface area contributed by atoms with Crippen molar-refractivity contribution < 1.29 is 17.7 Å². The quantitative estimate of drug-likeness (QED) is 0.423. The summed E-state index contributed by atoms with van der Waals surface area (Å²) in [6.45, 7) is 3.55. The average Bonchev–Trinajstić information content (AvgIpc) is 3.49. The van der Waals surface area contributed by atoms with E-state index in [4.69, 9.17) is 0 Å². The van der Waals surface area contributed by atoms with Gasteiger partial charge in [-0.15, -0.1) is 11.3 Å². The molecule has 0 saturated carbocycles. The van der Waals surface area contributed by atoms with Crippen LogP contribution in [0.3, 0.4) is 0 Å². The van der Waals surface area contributed by atoms with E-state index in [1.165, 1.54) is 12.5 Å². The van der Waals surface area contributed by atoms with E-state index >= 15 is 0 Å². The van der Waals surface area contributed by atoms with Gasteiger partial charge in [0.2, 0.25) is 5.82 Å². The average molecular weight is 488 g/mol. The molecule has 1 atom stereocenters. The van der Waals surface area contributed by atoms with Crippen LogP contribution >= 0.6 is 11.3 Å². The molecule has 1 aliphatic rings. The van der Waals surface area contributed by atoms with Gasteiger partial charge in [-0.05, 0) is 31.9 Å². The molecule has 1 unspecified atom stereocenters. The molecule has 0 amide bonds. The number of anilines is 3. The first-order valence-corrected chi connectivity index (χ1v) is 11.3. The number of piperidine rings is 1. The van der Waals surface area contributed by atoms with Crippen LogP contribution in [-0.4, -0.2) is 43.2 Å². The Morgan fingerprint density at radius 1 is 1.15 bits per heavy atom. The number of thiazole rings is 1. The van der Waals surface area contributed by atoms with Crippen LogP contribution in [0, 0.1) is 6.92 Å². The van der Waals surface area contributed by atoms with Gasteiger partial charge in [0.15, 0.2) is 5.13 Å². The van der Waals surface area contributed by atoms with Crippen LogP contribution in [-0.2, 0) is 6.18 Å². The minimum atomic E-state index is -4.68. The predicted molar refractivity (Wildman–Crippen MR) is 119 cm³/mol. The largest absolute Gasteiger partial charge is 0.471 e. The number of nitrogens with one attached hydrogen (secondary N) is 1. The van der Waals surface area contributed by atoms with Crippen molar-refractivity contribution in [2.75, 3.05) is 23.3 Å². The van der Waals surface area contributed by atoms with Crippen LogP contribution in [0.5, 0.6) is 0 Å². The monoisotopic (exact) mass is 488 g/mol. The van der Waals surface area contributed by atoms with Crippen molar-refractivity contribution in [1.29, 1.82) is 0 Å². The first-order valence-electron chi connectivity index (χ1n) is 10.5. The van der Waals surface area contributed by atoms with Crippen LogP contribution in [0.4, 0.5) is 29.9 Å². The second kappa shape index (κ2) is 8.97. The van der Waals surface area contributed by atoms with Gasteiger partial charge < -0.3 is 14.7 Å². The predicted octanol–water partition coefficient (Wildman–Crippen LogP) is 4.83. The van der Waals surface area contributed by atoms with E-state index in [1.54, 1.807) is 29.7 Å². The van der Waals surface area contributed by atoms with E-state index < -0.39 is 12.1 Å². The lowest BCUT2D eigenvalue weighted by molar-refractivity contribution is -0.159. The third-order valence-corrected chi connectivity index (χ3v) is 6.21. The van der Waals surface area contributed by atoms with Gasteiger partial charge in [0.25, 0.3) is 0 Å². The van der Waals surface area contributed by atoms with E-state index in [1.807, 2.05) is 13.0 Å². The summed E-state index contributed by atoms with van der Waals surface area (Å²) in [5.74, 6) is 0.0962. The standard InChI is InChI=1S/C21H19F3N8OS/c1-12-8-26-20(34-12)29-16-7-17(28-11-27-16)32-6-2-3-14(10-32)15-5-4-13(9-25-15)18-30-19(33-31-18)21(22,23)24/h4-5,7-9,11,14H,2-3,6,10H2,1H3,(H,26,27,28,29). The topological polar surface area (TPSA) is 106 Å². The van der Waals surface area contributed by atoms with Crippen molar-refractivity contribution in [3.05, 3.63) is 53.4 Å². The maximum atomic E-state index is 12.7. The zero-order chi connectivity index (χ0) is 23.7. The smallest absolute Gasteiger partial charge is 0.356 e. The highest BCUT2D eigenvalue weighted by atomic mass is 32.1. The summed E-state index contributed by atoms with van der Waals surface area (Å²) in [6, 6.07) is 5.35. The Balaban J connectivity index is 1.28. The maximum Gasteiger partial charge on any atom is 0.471 e. The second-order valence-corrected chi connectivity index (χ2v) is 9.08. The Hall–Kier alpha value is -3.61. The highest BCUT2D eigenvalue weighted by Crippen LogP contribution is 2.32. The minimum absolute atomic E-state index is 0.145. The van der Waals surface area contributed by atoms with Gasteiger partial charge >= 0.3 is 12.1 Å². The third-order valence-electron chi connectivity index (χ3n) is 5.39. The number of pyridine rings is 1. The number of aryl methyl sites for hydroxylation is 1. The fourth-order valence-electron chi connectivity index (χ4n) is 3.77. The van der Waals surface area contributed by atoms with Crippen molar-refractivity contribution in [2.45, 2.75) is 31.9 Å². The third kappa shape index (κ3) is 4.83. The van der Waals surface area contributed by atoms with Crippen LogP contribution < -0.4 is 10.2 Å². The molecule has 5 heterocycles. The summed E-state index contributed by atoms with van der Waals surface area (Å²) in [5, 5.41) is 7.39. The van der Waals surface area contributed by atoms with E-state index in [-0.39, 0.29) is 11.7 Å². The number of halogens is 3. The zero-order valence-corrected chi connectivity index (χ0v) is 18.8. The molecule has 9 nitrogen and oxygen atoms in total. The van der Waals surface area contributed by atoms with Crippen molar-refractivity contribution in [3.8, 4) is 11.4 Å². The van der Waals surface area contributed by atoms with Gasteiger partial charge in [0.1, 0.15) is 18.0 Å². The SMILES string of the molecule is Cc1cnc(Nc2cc(N3CCCC(c4ccc(-c5noc(C(F)(F)F)n5)cn4)C3)ncn2)s1. The van der Waals surface area contributed by atoms with E-state index in [9.17, 15) is 13.2 Å². The summed E-state index contributed by atoms with van der Waals surface area (Å²) in [7, 11) is 0. The Kier molecular flexibility index (Phi) is 5.86. The molecule has 0 aliphatic carbocycles. The Labute approximate surface area is 196 Å². The fraction of sp³-hybridized carbons (Fsp3) is 0.333. The molecule has 13 heteroatoms. The lowest BCUT2D eigenvalue weighted by Crippen LogP contribution is -2.35. The van der Waals surface area contributed by atoms with E-state index in [2.05, 4.69) is 44.8 Å². The lowest BCUT2D eigenvalue weighted by Gasteiger charge is -2.33. The molecule has 0 radical (unpaired) electrons. The number of hydrogen-bond acceptors (Lipinski definition) is 10. The summed E-state index contributed by atoms with van der Waals surface area (Å²) in [5.41, 5.74) is 1.21. The molecule has 1 fully saturated rings. The molecule has 4 aromatic heterocycles. The van der Waals surface area contributed by atoms with Crippen molar-refractivity contribution in [1.82, 2.24) is 30.1 Å². The second-order valence-electron chi connectivity index (χ2n) is 7.84. The Morgan fingerprint density at radius 2 is 2.03 bits per heavy atom. The molecule has 1 saturated heterocycles. The van der Waals surface area contributed by atoms with Crippen molar-refractivity contribution in [3.63, 3.8) is 0 Å². The summed E-state index contributed by atoms with van der Waals surface area (Å²) < 4.78 is 42.4. The first kappa shape index (κ1) is 22.2. The molecule has 176 valence electrons. The number of rotatable bonds is 5. The first-order chi connectivity index (χ1) is 16.3. The molecule has 34 heavy (non-hydrogen) atoms. The van der Waals surface area contributed by atoms with Gasteiger partial charge in [-0.3, -0.25) is 4.98 Å². The van der Waals surface area contributed by atoms with Crippen molar-refractivity contribution in [2.24, 2.45) is 0 Å². The number of nitrogens with zero attached hydrogens (tertiary/aromatic N) is 7. The molecule has 5 rings (SSSR count). The van der Waals surface area contributed by atoms with Crippen LogP contribution in [0.2, 0.25) is 0 Å². The molecular weight excluding hydrogens is 469 g/mol. The van der Waals surface area contributed by atoms with Crippen LogP contribution in [0.1, 0.15) is 35.2 Å². The normalized spacial score (nSPS) is 16.6. The van der Waals surface area contributed by atoms with Crippen LogP contribution in [0.25, 0.3) is 11.4 Å². The zero-order valence-electron chi connectivity index (χ0n) is 18.0. The Bertz CT molecular complexity index is 1270. The van der Waals surface area contributed by atoms with E-state index in [0.717, 1.165) is 40.9 Å². The van der Waals surface area contributed by atoms with Crippen molar-refractivity contribution >= 4 is 28.1 Å². The fourth-order valence-corrected chi connectivity index (χ4v) is 4.44. The number of aromatic nitrogens is 6. The molecule has 0 bridgehead atoms. The lowest BCUT2D eigenvalue weighted by atomic mass is 9.94. The highest BCUT2D eigenvalue weighted by Gasteiger charge is 2.38. The van der Waals surface area contributed by atoms with Gasteiger partial charge in [0.05, 0.1) is 0 Å². The van der Waals surface area contributed by atoms with Gasteiger partial charge in [0, 0.05) is 53.6 Å². The summed E-state index contributed by atoms with van der Waals surface area (Å²) >= 11 is 1.55. The molecule has 1 aliphatic heterocycles. The maximum absolute atomic E-state index is 12.7.